The molecule has 0 aliphatic carbocycles. The van der Waals surface area contributed by atoms with Crippen LogP contribution in [0.1, 0.15) is 26.7 Å². The van der Waals surface area contributed by atoms with Gasteiger partial charge in [-0.25, -0.2) is 0 Å². The molecule has 0 heterocycles. The van der Waals surface area contributed by atoms with Gasteiger partial charge >= 0.3 is 0 Å². The molecule has 0 fully saturated rings. The second-order valence-corrected chi connectivity index (χ2v) is 6.06. The second-order valence-electron chi connectivity index (χ2n) is 6.06. The van der Waals surface area contributed by atoms with Crippen LogP contribution >= 0.6 is 0 Å². The highest BCUT2D eigenvalue weighted by atomic mass is 16.3. The Balaban J connectivity index is -0.000000138. The van der Waals surface area contributed by atoms with Gasteiger partial charge in [0.15, 0.2) is 0 Å². The van der Waals surface area contributed by atoms with Gasteiger partial charge in [0.2, 0.25) is 0 Å². The third-order valence-electron chi connectivity index (χ3n) is 2.97. The summed E-state index contributed by atoms with van der Waals surface area (Å²) in [7, 11) is 0. The van der Waals surface area contributed by atoms with E-state index in [1.165, 1.54) is 31.2 Å². The maximum absolute atomic E-state index is 9.05. The van der Waals surface area contributed by atoms with E-state index in [1.807, 2.05) is 0 Å². The van der Waals surface area contributed by atoms with Crippen molar-refractivity contribution in [1.82, 2.24) is 0 Å². The Bertz CT molecular complexity index is 380. The Morgan fingerprint density at radius 2 is 1.18 bits per heavy atom. The molecule has 0 spiro atoms. The van der Waals surface area contributed by atoms with Gasteiger partial charge in [-0.2, -0.15) is 0 Å². The van der Waals surface area contributed by atoms with Crippen LogP contribution in [0.2, 0.25) is 0 Å². The van der Waals surface area contributed by atoms with Gasteiger partial charge in [-0.1, -0.05) is 24.3 Å². The largest absolute Gasteiger partial charge is 0.396 e. The van der Waals surface area contributed by atoms with Gasteiger partial charge in [-0.15, -0.1) is 26.3 Å². The number of hydrogen-bond acceptors (Lipinski definition) is 8. The molecule has 0 aliphatic heterocycles. The predicted molar refractivity (Wildman–Crippen MR) is 112 cm³/mol. The molecule has 4 atom stereocenters. The summed E-state index contributed by atoms with van der Waals surface area (Å²) in [5.74, 6) is 0. The summed E-state index contributed by atoms with van der Waals surface area (Å²) in [6.45, 7) is 15.8. The van der Waals surface area contributed by atoms with E-state index in [0.29, 0.717) is 12.8 Å². The maximum Gasteiger partial charge on any atom is 0.103 e. The standard InChI is InChI=1S/C6H12O2.2C5H10O2.C4H8O2/c1-3-6(2,8)4-5-7;1-3-5(2,7)4-6;1-2-5(7)3-4-6;1-2-4(6)3-5/h3,7-8H,1,4-5H2,2H3;3,6-7H,1,4H2,2H3;2,5-7H,1,3-4H2;2,4-6H,1,3H2. The zero-order valence-corrected chi connectivity index (χ0v) is 17.1. The molecule has 0 aromatic carbocycles. The summed E-state index contributed by atoms with van der Waals surface area (Å²) < 4.78 is 0. The highest BCUT2D eigenvalue weighted by molar-refractivity contribution is 4.91. The molecule has 8 N–H and O–H groups in total. The molecule has 168 valence electrons. The normalized spacial score (nSPS) is 15.8. The van der Waals surface area contributed by atoms with Gasteiger partial charge in [0.05, 0.1) is 31.0 Å². The average molecular weight is 409 g/mol. The van der Waals surface area contributed by atoms with Crippen molar-refractivity contribution >= 4 is 0 Å². The van der Waals surface area contributed by atoms with Crippen LogP contribution in [0.4, 0.5) is 0 Å². The van der Waals surface area contributed by atoms with Crippen molar-refractivity contribution in [3.8, 4) is 0 Å². The average Bonchev–Trinajstić information content (AvgIpc) is 2.68. The van der Waals surface area contributed by atoms with Crippen LogP contribution in [-0.2, 0) is 0 Å². The topological polar surface area (TPSA) is 162 Å². The molecule has 0 bridgehead atoms. The minimum Gasteiger partial charge on any atom is -0.396 e. The first-order valence-electron chi connectivity index (χ1n) is 8.63. The van der Waals surface area contributed by atoms with E-state index in [2.05, 4.69) is 26.3 Å². The predicted octanol–water partition coefficient (Wildman–Crippen LogP) is -0.337. The van der Waals surface area contributed by atoms with Crippen LogP contribution in [0.25, 0.3) is 0 Å². The highest BCUT2D eigenvalue weighted by Gasteiger charge is 2.12. The summed E-state index contributed by atoms with van der Waals surface area (Å²) in [5, 5.41) is 67.5. The lowest BCUT2D eigenvalue weighted by Crippen LogP contribution is -2.24. The van der Waals surface area contributed by atoms with Crippen molar-refractivity contribution in [2.24, 2.45) is 0 Å². The van der Waals surface area contributed by atoms with Crippen LogP contribution in [0.3, 0.4) is 0 Å². The van der Waals surface area contributed by atoms with Crippen LogP contribution in [0.5, 0.6) is 0 Å². The van der Waals surface area contributed by atoms with Crippen LogP contribution in [-0.4, -0.2) is 90.7 Å². The highest BCUT2D eigenvalue weighted by Crippen LogP contribution is 2.07. The lowest BCUT2D eigenvalue weighted by atomic mass is 10.0. The minimum absolute atomic E-state index is 0.000972. The molecule has 8 heteroatoms. The van der Waals surface area contributed by atoms with Crippen molar-refractivity contribution in [3.05, 3.63) is 50.6 Å². The summed E-state index contributed by atoms with van der Waals surface area (Å²) in [4.78, 5) is 0. The molecule has 0 aromatic heterocycles. The summed E-state index contributed by atoms with van der Waals surface area (Å²) in [6.07, 6.45) is 4.86. The molecule has 0 rings (SSSR count). The molecule has 28 heavy (non-hydrogen) atoms. The van der Waals surface area contributed by atoms with E-state index in [-0.39, 0.29) is 26.4 Å². The quantitative estimate of drug-likeness (QED) is 0.228. The van der Waals surface area contributed by atoms with E-state index in [0.717, 1.165) is 0 Å². The van der Waals surface area contributed by atoms with Crippen molar-refractivity contribution in [2.45, 2.75) is 50.1 Å². The zero-order chi connectivity index (χ0) is 23.2. The van der Waals surface area contributed by atoms with E-state index in [9.17, 15) is 0 Å². The zero-order valence-electron chi connectivity index (χ0n) is 17.1. The second kappa shape index (κ2) is 21.9. The van der Waals surface area contributed by atoms with E-state index >= 15 is 0 Å². The molecule has 0 aromatic rings. The molecule has 0 saturated heterocycles. The first kappa shape index (κ1) is 34.2. The fourth-order valence-corrected chi connectivity index (χ4v) is 0.718. The monoisotopic (exact) mass is 408 g/mol. The fourth-order valence-electron chi connectivity index (χ4n) is 0.718. The number of hydrogen-bond donors (Lipinski definition) is 8. The molecule has 0 saturated carbocycles. The van der Waals surface area contributed by atoms with Crippen molar-refractivity contribution < 1.29 is 40.9 Å². The Morgan fingerprint density at radius 1 is 0.750 bits per heavy atom. The van der Waals surface area contributed by atoms with Gasteiger partial charge in [0.1, 0.15) is 5.60 Å². The molecule has 0 aliphatic rings. The summed E-state index contributed by atoms with van der Waals surface area (Å²) in [5.41, 5.74) is -1.99. The Labute approximate surface area is 168 Å². The molecular formula is C20H40O8. The third-order valence-corrected chi connectivity index (χ3v) is 2.97. The van der Waals surface area contributed by atoms with Crippen molar-refractivity contribution in [3.63, 3.8) is 0 Å². The van der Waals surface area contributed by atoms with E-state index in [4.69, 9.17) is 40.9 Å². The van der Waals surface area contributed by atoms with Gasteiger partial charge < -0.3 is 40.9 Å². The Kier molecular flexibility index (Phi) is 26.8. The minimum atomic E-state index is -1.10. The Hall–Kier alpha value is -1.36. The first-order valence-corrected chi connectivity index (χ1v) is 8.63. The van der Waals surface area contributed by atoms with Crippen LogP contribution in [0, 0.1) is 0 Å². The lowest BCUT2D eigenvalue weighted by molar-refractivity contribution is 0.0438. The smallest absolute Gasteiger partial charge is 0.103 e. The molecule has 0 radical (unpaired) electrons. The number of aliphatic hydroxyl groups is 8. The summed E-state index contributed by atoms with van der Waals surface area (Å²) >= 11 is 0. The van der Waals surface area contributed by atoms with Crippen LogP contribution < -0.4 is 0 Å². The van der Waals surface area contributed by atoms with Crippen molar-refractivity contribution in [1.29, 1.82) is 0 Å². The molecule has 8 nitrogen and oxygen atoms in total. The Morgan fingerprint density at radius 3 is 1.25 bits per heavy atom. The maximum atomic E-state index is 9.05. The SMILES string of the molecule is C=CC(C)(O)CCO.C=CC(C)(O)CO.C=CC(O)CCO.C=CC(O)CO. The fraction of sp³-hybridized carbons (Fsp3) is 0.600. The third kappa shape index (κ3) is 32.3. The van der Waals surface area contributed by atoms with Crippen molar-refractivity contribution in [2.75, 3.05) is 26.4 Å². The van der Waals surface area contributed by atoms with E-state index < -0.39 is 23.4 Å². The number of aliphatic hydroxyl groups excluding tert-OH is 6. The van der Waals surface area contributed by atoms with Crippen LogP contribution in [0.15, 0.2) is 50.6 Å². The molecule has 0 amide bonds. The first-order chi connectivity index (χ1) is 12.9. The lowest BCUT2D eigenvalue weighted by Gasteiger charge is -2.15. The van der Waals surface area contributed by atoms with E-state index in [1.54, 1.807) is 6.92 Å². The van der Waals surface area contributed by atoms with Gasteiger partial charge in [0, 0.05) is 19.6 Å². The summed E-state index contributed by atoms with van der Waals surface area (Å²) in [6, 6.07) is 0. The molecular weight excluding hydrogens is 368 g/mol. The number of rotatable bonds is 10. The van der Waals surface area contributed by atoms with Gasteiger partial charge in [-0.3, -0.25) is 0 Å². The van der Waals surface area contributed by atoms with Gasteiger partial charge in [-0.05, 0) is 20.3 Å². The van der Waals surface area contributed by atoms with Gasteiger partial charge in [0.25, 0.3) is 0 Å². The molecule has 4 unspecified atom stereocenters.